The molecule has 2 rings (SSSR count). The first-order chi connectivity index (χ1) is 10.1. The van der Waals surface area contributed by atoms with Gasteiger partial charge in [-0.1, -0.05) is 0 Å². The Morgan fingerprint density at radius 3 is 2.38 bits per heavy atom. The van der Waals surface area contributed by atoms with Crippen LogP contribution in [0.1, 0.15) is 23.7 Å². The molecule has 1 heterocycles. The topological polar surface area (TPSA) is 49.9 Å². The van der Waals surface area contributed by atoms with Crippen LogP contribution in [0.4, 0.5) is 9.18 Å². The van der Waals surface area contributed by atoms with Gasteiger partial charge in [-0.15, -0.1) is 0 Å². The Kier molecular flexibility index (Phi) is 5.14. The Bertz CT molecular complexity index is 504. The molecule has 2 amide bonds. The summed E-state index contributed by atoms with van der Waals surface area (Å²) in [5, 5.41) is 0. The van der Waals surface area contributed by atoms with Crippen molar-refractivity contribution in [2.24, 2.45) is 0 Å². The minimum atomic E-state index is -0.365. The molecule has 1 fully saturated rings. The van der Waals surface area contributed by atoms with Gasteiger partial charge < -0.3 is 14.5 Å². The van der Waals surface area contributed by atoms with E-state index in [2.05, 4.69) is 0 Å². The molecule has 114 valence electrons. The Balaban J connectivity index is 1.97. The third-order valence-corrected chi connectivity index (χ3v) is 3.40. The van der Waals surface area contributed by atoms with Gasteiger partial charge in [0, 0.05) is 31.7 Å². The minimum Gasteiger partial charge on any atom is -0.450 e. The maximum Gasteiger partial charge on any atom is 0.409 e. The van der Waals surface area contributed by atoms with Crippen molar-refractivity contribution in [2.45, 2.75) is 13.3 Å². The summed E-state index contributed by atoms with van der Waals surface area (Å²) in [6.45, 7) is 4.16. The van der Waals surface area contributed by atoms with Crippen molar-refractivity contribution in [1.29, 1.82) is 0 Å². The second-order valence-electron chi connectivity index (χ2n) is 4.84. The number of ether oxygens (including phenoxy) is 1. The molecule has 1 aromatic carbocycles. The quantitative estimate of drug-likeness (QED) is 0.839. The first-order valence-electron chi connectivity index (χ1n) is 7.08. The van der Waals surface area contributed by atoms with Crippen molar-refractivity contribution < 1.29 is 18.7 Å². The Morgan fingerprint density at radius 1 is 1.10 bits per heavy atom. The van der Waals surface area contributed by atoms with E-state index >= 15 is 0 Å². The summed E-state index contributed by atoms with van der Waals surface area (Å²) < 4.78 is 17.9. The van der Waals surface area contributed by atoms with Gasteiger partial charge in [0.1, 0.15) is 5.82 Å². The van der Waals surface area contributed by atoms with E-state index in [1.807, 2.05) is 0 Å². The largest absolute Gasteiger partial charge is 0.450 e. The molecule has 0 radical (unpaired) electrons. The summed E-state index contributed by atoms with van der Waals surface area (Å²) in [5.74, 6) is -0.503. The van der Waals surface area contributed by atoms with Gasteiger partial charge in [0.2, 0.25) is 0 Å². The zero-order valence-corrected chi connectivity index (χ0v) is 12.0. The standard InChI is InChI=1S/C15H19FN2O3/c1-2-21-15(20)18-9-3-8-17(10-11-18)14(19)12-4-6-13(16)7-5-12/h4-7H,2-3,8-11H2,1H3. The summed E-state index contributed by atoms with van der Waals surface area (Å²) in [4.78, 5) is 27.3. The molecule has 1 saturated heterocycles. The summed E-state index contributed by atoms with van der Waals surface area (Å²) >= 11 is 0. The molecule has 21 heavy (non-hydrogen) atoms. The molecule has 1 aromatic rings. The molecule has 0 N–H and O–H groups in total. The van der Waals surface area contributed by atoms with E-state index in [9.17, 15) is 14.0 Å². The molecule has 5 nitrogen and oxygen atoms in total. The average Bonchev–Trinajstić information content (AvgIpc) is 2.73. The third kappa shape index (κ3) is 3.93. The first-order valence-corrected chi connectivity index (χ1v) is 7.08. The van der Waals surface area contributed by atoms with Crippen LogP contribution in [0, 0.1) is 5.82 Å². The predicted octanol–water partition coefficient (Wildman–Crippen LogP) is 2.13. The number of amides is 2. The molecule has 0 unspecified atom stereocenters. The average molecular weight is 294 g/mol. The fourth-order valence-electron chi connectivity index (χ4n) is 2.29. The zero-order chi connectivity index (χ0) is 15.2. The molecule has 0 spiro atoms. The molecule has 0 aromatic heterocycles. The van der Waals surface area contributed by atoms with Gasteiger partial charge in [0.15, 0.2) is 0 Å². The van der Waals surface area contributed by atoms with E-state index in [4.69, 9.17) is 4.74 Å². The number of carbonyl (C=O) groups is 2. The highest BCUT2D eigenvalue weighted by Gasteiger charge is 2.23. The van der Waals surface area contributed by atoms with Crippen molar-refractivity contribution in [1.82, 2.24) is 9.80 Å². The molecule has 1 aliphatic rings. The van der Waals surface area contributed by atoms with Gasteiger partial charge in [-0.2, -0.15) is 0 Å². The molecule has 0 bridgehead atoms. The van der Waals surface area contributed by atoms with E-state index in [0.717, 1.165) is 0 Å². The predicted molar refractivity (Wildman–Crippen MR) is 75.5 cm³/mol. The lowest BCUT2D eigenvalue weighted by Gasteiger charge is -2.21. The number of benzene rings is 1. The number of hydrogen-bond donors (Lipinski definition) is 0. The SMILES string of the molecule is CCOC(=O)N1CCCN(C(=O)c2ccc(F)cc2)CC1. The monoisotopic (exact) mass is 294 g/mol. The fraction of sp³-hybridized carbons (Fsp3) is 0.467. The summed E-state index contributed by atoms with van der Waals surface area (Å²) in [6.07, 6.45) is 0.361. The second-order valence-corrected chi connectivity index (χ2v) is 4.84. The normalized spacial score (nSPS) is 15.5. The number of hydrogen-bond acceptors (Lipinski definition) is 3. The van der Waals surface area contributed by atoms with E-state index in [1.165, 1.54) is 24.3 Å². The second kappa shape index (κ2) is 7.06. The van der Waals surface area contributed by atoms with Crippen LogP contribution in [0.5, 0.6) is 0 Å². The number of halogens is 1. The van der Waals surface area contributed by atoms with E-state index in [0.29, 0.717) is 44.8 Å². The van der Waals surface area contributed by atoms with Crippen LogP contribution in [0.15, 0.2) is 24.3 Å². The van der Waals surface area contributed by atoms with Crippen LogP contribution in [0.3, 0.4) is 0 Å². The molecule has 0 atom stereocenters. The number of carbonyl (C=O) groups excluding carboxylic acids is 2. The van der Waals surface area contributed by atoms with Crippen molar-refractivity contribution in [3.63, 3.8) is 0 Å². The van der Waals surface area contributed by atoms with E-state index < -0.39 is 0 Å². The van der Waals surface area contributed by atoms with Gasteiger partial charge in [-0.3, -0.25) is 4.79 Å². The Morgan fingerprint density at radius 2 is 1.71 bits per heavy atom. The van der Waals surface area contributed by atoms with Gasteiger partial charge >= 0.3 is 6.09 Å². The third-order valence-electron chi connectivity index (χ3n) is 3.40. The van der Waals surface area contributed by atoms with Gasteiger partial charge in [-0.25, -0.2) is 9.18 Å². The lowest BCUT2D eigenvalue weighted by molar-refractivity contribution is 0.0753. The van der Waals surface area contributed by atoms with Crippen LogP contribution in [0.2, 0.25) is 0 Å². The Hall–Kier alpha value is -2.11. The van der Waals surface area contributed by atoms with Crippen LogP contribution in [-0.4, -0.2) is 54.6 Å². The lowest BCUT2D eigenvalue weighted by atomic mass is 10.2. The summed E-state index contributed by atoms with van der Waals surface area (Å²) in [6, 6.07) is 5.50. The smallest absolute Gasteiger partial charge is 0.409 e. The number of rotatable bonds is 2. The highest BCUT2D eigenvalue weighted by Crippen LogP contribution is 2.11. The van der Waals surface area contributed by atoms with E-state index in [1.54, 1.807) is 16.7 Å². The maximum absolute atomic E-state index is 12.9. The van der Waals surface area contributed by atoms with Crippen molar-refractivity contribution in [2.75, 3.05) is 32.8 Å². The molecule has 1 aliphatic heterocycles. The van der Waals surface area contributed by atoms with E-state index in [-0.39, 0.29) is 17.8 Å². The van der Waals surface area contributed by atoms with Crippen LogP contribution in [0.25, 0.3) is 0 Å². The van der Waals surface area contributed by atoms with Crippen molar-refractivity contribution >= 4 is 12.0 Å². The van der Waals surface area contributed by atoms with Crippen LogP contribution < -0.4 is 0 Å². The first kappa shape index (κ1) is 15.3. The molecule has 0 aliphatic carbocycles. The molecular formula is C15H19FN2O3. The fourth-order valence-corrected chi connectivity index (χ4v) is 2.29. The highest BCUT2D eigenvalue weighted by atomic mass is 19.1. The molecule has 6 heteroatoms. The molecule has 0 saturated carbocycles. The van der Waals surface area contributed by atoms with Crippen LogP contribution >= 0.6 is 0 Å². The van der Waals surface area contributed by atoms with Crippen molar-refractivity contribution in [3.05, 3.63) is 35.6 Å². The lowest BCUT2D eigenvalue weighted by Crippen LogP contribution is -2.37. The minimum absolute atomic E-state index is 0.138. The van der Waals surface area contributed by atoms with Gasteiger partial charge in [-0.05, 0) is 37.6 Å². The summed E-state index contributed by atoms with van der Waals surface area (Å²) in [7, 11) is 0. The van der Waals surface area contributed by atoms with Gasteiger partial charge in [0.25, 0.3) is 5.91 Å². The maximum atomic E-state index is 12.9. The van der Waals surface area contributed by atoms with Crippen molar-refractivity contribution in [3.8, 4) is 0 Å². The Labute approximate surface area is 123 Å². The highest BCUT2D eigenvalue weighted by molar-refractivity contribution is 5.94. The van der Waals surface area contributed by atoms with Gasteiger partial charge in [0.05, 0.1) is 6.61 Å². The number of nitrogens with zero attached hydrogens (tertiary/aromatic N) is 2. The summed E-state index contributed by atoms with van der Waals surface area (Å²) in [5.41, 5.74) is 0.459. The zero-order valence-electron chi connectivity index (χ0n) is 12.0. The molecular weight excluding hydrogens is 275 g/mol. The van der Waals surface area contributed by atoms with Crippen LogP contribution in [-0.2, 0) is 4.74 Å².